The van der Waals surface area contributed by atoms with Crippen molar-refractivity contribution in [2.45, 2.75) is 59.1 Å². The van der Waals surface area contributed by atoms with E-state index in [9.17, 15) is 5.11 Å². The number of aryl methyl sites for hydroxylation is 3. The third-order valence-corrected chi connectivity index (χ3v) is 4.64. The first-order valence-electron chi connectivity index (χ1n) is 7.81. The first kappa shape index (κ1) is 14.4. The van der Waals surface area contributed by atoms with Crippen LogP contribution >= 0.6 is 0 Å². The first-order valence-corrected chi connectivity index (χ1v) is 7.81. The van der Waals surface area contributed by atoms with Gasteiger partial charge in [0.25, 0.3) is 0 Å². The minimum Gasteiger partial charge on any atom is -0.388 e. The second kappa shape index (κ2) is 5.34. The lowest BCUT2D eigenvalue weighted by atomic mass is 9.75. The highest BCUT2D eigenvalue weighted by Gasteiger charge is 2.32. The van der Waals surface area contributed by atoms with Crippen LogP contribution in [0.5, 0.6) is 0 Å². The largest absolute Gasteiger partial charge is 0.388 e. The SMILES string of the molecule is Cc1[nH]ncc1CCCn1ccc2c1CC(C)(C)CC2O. The second-order valence-electron chi connectivity index (χ2n) is 7.10. The molecule has 0 radical (unpaired) electrons. The highest BCUT2D eigenvalue weighted by Crippen LogP contribution is 2.41. The van der Waals surface area contributed by atoms with Gasteiger partial charge in [0.05, 0.1) is 12.3 Å². The zero-order valence-electron chi connectivity index (χ0n) is 13.2. The molecule has 21 heavy (non-hydrogen) atoms. The molecule has 1 aliphatic rings. The summed E-state index contributed by atoms with van der Waals surface area (Å²) < 4.78 is 2.33. The summed E-state index contributed by atoms with van der Waals surface area (Å²) in [5, 5.41) is 17.4. The number of hydrogen-bond donors (Lipinski definition) is 2. The minimum atomic E-state index is -0.305. The quantitative estimate of drug-likeness (QED) is 0.907. The van der Waals surface area contributed by atoms with Gasteiger partial charge in [-0.25, -0.2) is 0 Å². The Bertz CT molecular complexity index is 624. The predicted octanol–water partition coefficient (Wildman–Crippen LogP) is 3.16. The Morgan fingerprint density at radius 3 is 3.00 bits per heavy atom. The molecule has 0 spiro atoms. The van der Waals surface area contributed by atoms with Crippen LogP contribution < -0.4 is 0 Å². The van der Waals surface area contributed by atoms with Gasteiger partial charge in [-0.1, -0.05) is 13.8 Å². The predicted molar refractivity (Wildman–Crippen MR) is 83.1 cm³/mol. The van der Waals surface area contributed by atoms with Gasteiger partial charge >= 0.3 is 0 Å². The molecule has 0 aliphatic heterocycles. The molecule has 2 N–H and O–H groups in total. The number of H-pyrrole nitrogens is 1. The maximum absolute atomic E-state index is 10.3. The van der Waals surface area contributed by atoms with Crippen LogP contribution in [-0.2, 0) is 19.4 Å². The fourth-order valence-electron chi connectivity index (χ4n) is 3.47. The maximum atomic E-state index is 10.3. The summed E-state index contributed by atoms with van der Waals surface area (Å²) in [6.07, 6.45) is 7.81. The Morgan fingerprint density at radius 1 is 1.48 bits per heavy atom. The maximum Gasteiger partial charge on any atom is 0.0812 e. The molecule has 4 nitrogen and oxygen atoms in total. The number of aliphatic hydroxyl groups excluding tert-OH is 1. The molecular weight excluding hydrogens is 262 g/mol. The van der Waals surface area contributed by atoms with E-state index in [0.29, 0.717) is 0 Å². The number of fused-ring (bicyclic) bond motifs is 1. The smallest absolute Gasteiger partial charge is 0.0812 e. The van der Waals surface area contributed by atoms with Crippen LogP contribution in [0.25, 0.3) is 0 Å². The molecule has 1 unspecified atom stereocenters. The topological polar surface area (TPSA) is 53.8 Å². The molecule has 0 fully saturated rings. The van der Waals surface area contributed by atoms with E-state index in [0.717, 1.165) is 37.8 Å². The lowest BCUT2D eigenvalue weighted by molar-refractivity contribution is 0.0979. The van der Waals surface area contributed by atoms with Crippen LogP contribution in [0.15, 0.2) is 18.5 Å². The van der Waals surface area contributed by atoms with Crippen LogP contribution in [0.4, 0.5) is 0 Å². The van der Waals surface area contributed by atoms with E-state index < -0.39 is 0 Å². The van der Waals surface area contributed by atoms with Gasteiger partial charge in [-0.3, -0.25) is 5.10 Å². The minimum absolute atomic E-state index is 0.184. The third kappa shape index (κ3) is 2.91. The molecule has 0 saturated carbocycles. The number of nitrogens with zero attached hydrogens (tertiary/aromatic N) is 2. The van der Waals surface area contributed by atoms with Gasteiger partial charge in [0.1, 0.15) is 0 Å². The van der Waals surface area contributed by atoms with Gasteiger partial charge in [0.2, 0.25) is 0 Å². The summed E-state index contributed by atoms with van der Waals surface area (Å²) in [5.41, 5.74) is 5.11. The van der Waals surface area contributed by atoms with E-state index >= 15 is 0 Å². The number of hydrogen-bond acceptors (Lipinski definition) is 2. The van der Waals surface area contributed by atoms with Crippen molar-refractivity contribution >= 4 is 0 Å². The van der Waals surface area contributed by atoms with Crippen LogP contribution in [0, 0.1) is 12.3 Å². The molecule has 1 atom stereocenters. The summed E-state index contributed by atoms with van der Waals surface area (Å²) >= 11 is 0. The highest BCUT2D eigenvalue weighted by atomic mass is 16.3. The molecule has 4 heteroatoms. The molecule has 0 amide bonds. The van der Waals surface area contributed by atoms with E-state index in [2.05, 4.69) is 47.8 Å². The van der Waals surface area contributed by atoms with Crippen LogP contribution in [-0.4, -0.2) is 19.9 Å². The van der Waals surface area contributed by atoms with Crippen molar-refractivity contribution in [2.75, 3.05) is 0 Å². The summed E-state index contributed by atoms with van der Waals surface area (Å²) in [5.74, 6) is 0. The number of rotatable bonds is 4. The van der Waals surface area contributed by atoms with Crippen LogP contribution in [0.3, 0.4) is 0 Å². The van der Waals surface area contributed by atoms with Crippen molar-refractivity contribution in [3.63, 3.8) is 0 Å². The molecule has 3 rings (SSSR count). The monoisotopic (exact) mass is 287 g/mol. The molecule has 2 aromatic rings. The van der Waals surface area contributed by atoms with Crippen molar-refractivity contribution in [1.29, 1.82) is 0 Å². The van der Waals surface area contributed by atoms with Gasteiger partial charge in [-0.05, 0) is 49.7 Å². The van der Waals surface area contributed by atoms with Gasteiger partial charge < -0.3 is 9.67 Å². The molecule has 0 bridgehead atoms. The van der Waals surface area contributed by atoms with E-state index in [1.54, 1.807) is 0 Å². The Balaban J connectivity index is 1.69. The molecule has 2 aromatic heterocycles. The molecule has 0 saturated heterocycles. The Labute approximate surface area is 126 Å². The first-order chi connectivity index (χ1) is 9.96. The molecule has 2 heterocycles. The third-order valence-electron chi connectivity index (χ3n) is 4.64. The van der Waals surface area contributed by atoms with Crippen molar-refractivity contribution < 1.29 is 5.11 Å². The van der Waals surface area contributed by atoms with Gasteiger partial charge in [-0.15, -0.1) is 0 Å². The second-order valence-corrected chi connectivity index (χ2v) is 7.10. The Kier molecular flexibility index (Phi) is 3.66. The lowest BCUT2D eigenvalue weighted by Gasteiger charge is -2.34. The zero-order valence-corrected chi connectivity index (χ0v) is 13.2. The average molecular weight is 287 g/mol. The fourth-order valence-corrected chi connectivity index (χ4v) is 3.47. The summed E-state index contributed by atoms with van der Waals surface area (Å²) in [6.45, 7) is 7.55. The Hall–Kier alpha value is -1.55. The number of aromatic nitrogens is 3. The molecular formula is C17H25N3O. The molecule has 114 valence electrons. The van der Waals surface area contributed by atoms with Crippen LogP contribution in [0.2, 0.25) is 0 Å². The standard InChI is InChI=1S/C17H25N3O/c1-12-13(11-18-19-12)5-4-7-20-8-6-14-15(20)9-17(2,3)10-16(14)21/h6,8,11,16,21H,4-5,7,9-10H2,1-3H3,(H,18,19). The lowest BCUT2D eigenvalue weighted by Crippen LogP contribution is -2.26. The summed E-state index contributed by atoms with van der Waals surface area (Å²) in [7, 11) is 0. The molecule has 1 aliphatic carbocycles. The van der Waals surface area contributed by atoms with Crippen LogP contribution in [0.1, 0.15) is 55.3 Å². The van der Waals surface area contributed by atoms with E-state index in [-0.39, 0.29) is 11.5 Å². The number of nitrogens with one attached hydrogen (secondary N) is 1. The van der Waals surface area contributed by atoms with Crippen molar-refractivity contribution in [1.82, 2.24) is 14.8 Å². The van der Waals surface area contributed by atoms with Gasteiger partial charge in [0.15, 0.2) is 0 Å². The normalized spacial score (nSPS) is 20.5. The summed E-state index contributed by atoms with van der Waals surface area (Å²) in [4.78, 5) is 0. The van der Waals surface area contributed by atoms with Crippen molar-refractivity contribution in [3.05, 3.63) is 41.0 Å². The molecule has 0 aromatic carbocycles. The van der Waals surface area contributed by atoms with E-state index in [1.807, 2.05) is 6.20 Å². The fraction of sp³-hybridized carbons (Fsp3) is 0.588. The summed E-state index contributed by atoms with van der Waals surface area (Å²) in [6, 6.07) is 2.10. The van der Waals surface area contributed by atoms with E-state index in [1.165, 1.54) is 17.0 Å². The Morgan fingerprint density at radius 2 is 2.29 bits per heavy atom. The number of aromatic amines is 1. The number of aliphatic hydroxyl groups is 1. The van der Waals surface area contributed by atoms with E-state index in [4.69, 9.17) is 0 Å². The average Bonchev–Trinajstić information content (AvgIpc) is 2.96. The van der Waals surface area contributed by atoms with Crippen molar-refractivity contribution in [3.8, 4) is 0 Å². The zero-order chi connectivity index (χ0) is 15.0. The highest BCUT2D eigenvalue weighted by molar-refractivity contribution is 5.29. The van der Waals surface area contributed by atoms with Gasteiger partial charge in [-0.2, -0.15) is 5.10 Å². The van der Waals surface area contributed by atoms with Crippen molar-refractivity contribution in [2.24, 2.45) is 5.41 Å². The van der Waals surface area contributed by atoms with Gasteiger partial charge in [0, 0.05) is 29.7 Å².